The van der Waals surface area contributed by atoms with E-state index in [0.717, 1.165) is 4.47 Å². The normalized spacial score (nSPS) is 9.93. The van der Waals surface area contributed by atoms with Crippen LogP contribution in [0, 0.1) is 0 Å². The SMILES string of the molecule is O=C(c1cncnc1)c1ccccc1Br. The smallest absolute Gasteiger partial charge is 0.197 e. The van der Waals surface area contributed by atoms with Crippen LogP contribution in [0.4, 0.5) is 0 Å². The van der Waals surface area contributed by atoms with Gasteiger partial charge in [0.2, 0.25) is 0 Å². The van der Waals surface area contributed by atoms with E-state index in [0.29, 0.717) is 11.1 Å². The minimum Gasteiger partial charge on any atom is -0.288 e. The van der Waals surface area contributed by atoms with Crippen LogP contribution < -0.4 is 0 Å². The Kier molecular flexibility index (Phi) is 2.87. The van der Waals surface area contributed by atoms with Gasteiger partial charge >= 0.3 is 0 Å². The molecule has 15 heavy (non-hydrogen) atoms. The van der Waals surface area contributed by atoms with Crippen LogP contribution in [0.2, 0.25) is 0 Å². The Bertz CT molecular complexity index is 485. The number of nitrogens with zero attached hydrogens (tertiary/aromatic N) is 2. The van der Waals surface area contributed by atoms with E-state index >= 15 is 0 Å². The van der Waals surface area contributed by atoms with Crippen LogP contribution in [0.25, 0.3) is 0 Å². The van der Waals surface area contributed by atoms with Crippen LogP contribution in [-0.4, -0.2) is 15.8 Å². The fourth-order valence-corrected chi connectivity index (χ4v) is 1.68. The molecule has 0 bridgehead atoms. The second-order valence-electron chi connectivity index (χ2n) is 2.94. The van der Waals surface area contributed by atoms with Crippen molar-refractivity contribution in [2.75, 3.05) is 0 Å². The van der Waals surface area contributed by atoms with Crippen molar-refractivity contribution in [2.45, 2.75) is 0 Å². The molecule has 0 aliphatic rings. The molecule has 2 rings (SSSR count). The van der Waals surface area contributed by atoms with Gasteiger partial charge in [0, 0.05) is 22.4 Å². The molecule has 4 heteroatoms. The molecule has 1 aromatic heterocycles. The predicted molar refractivity (Wildman–Crippen MR) is 59.6 cm³/mol. The first-order chi connectivity index (χ1) is 7.29. The molecule has 1 aromatic carbocycles. The summed E-state index contributed by atoms with van der Waals surface area (Å²) < 4.78 is 0.777. The van der Waals surface area contributed by atoms with Gasteiger partial charge in [-0.3, -0.25) is 4.79 Å². The highest BCUT2D eigenvalue weighted by Crippen LogP contribution is 2.18. The van der Waals surface area contributed by atoms with E-state index in [1.807, 2.05) is 18.2 Å². The van der Waals surface area contributed by atoms with Crippen molar-refractivity contribution in [3.63, 3.8) is 0 Å². The van der Waals surface area contributed by atoms with Gasteiger partial charge in [0.25, 0.3) is 0 Å². The second-order valence-corrected chi connectivity index (χ2v) is 3.79. The minimum atomic E-state index is -0.0805. The van der Waals surface area contributed by atoms with Crippen LogP contribution >= 0.6 is 15.9 Å². The third kappa shape index (κ3) is 2.10. The number of hydrogen-bond acceptors (Lipinski definition) is 3. The molecule has 1 heterocycles. The molecule has 0 fully saturated rings. The van der Waals surface area contributed by atoms with Crippen LogP contribution in [0.3, 0.4) is 0 Å². The summed E-state index contributed by atoms with van der Waals surface area (Å²) >= 11 is 3.33. The monoisotopic (exact) mass is 262 g/mol. The lowest BCUT2D eigenvalue weighted by atomic mass is 10.1. The molecule has 0 spiro atoms. The van der Waals surface area contributed by atoms with Crippen LogP contribution in [-0.2, 0) is 0 Å². The number of benzene rings is 1. The lowest BCUT2D eigenvalue weighted by Gasteiger charge is -2.01. The Hall–Kier alpha value is -1.55. The van der Waals surface area contributed by atoms with E-state index in [-0.39, 0.29) is 5.78 Å². The van der Waals surface area contributed by atoms with Crippen molar-refractivity contribution in [1.82, 2.24) is 9.97 Å². The lowest BCUT2D eigenvalue weighted by Crippen LogP contribution is -2.03. The zero-order valence-electron chi connectivity index (χ0n) is 7.72. The summed E-state index contributed by atoms with van der Waals surface area (Å²) in [4.78, 5) is 19.6. The van der Waals surface area contributed by atoms with Gasteiger partial charge in [-0.25, -0.2) is 9.97 Å². The molecule has 0 atom stereocenters. The highest BCUT2D eigenvalue weighted by atomic mass is 79.9. The van der Waals surface area contributed by atoms with Crippen molar-refractivity contribution in [1.29, 1.82) is 0 Å². The van der Waals surface area contributed by atoms with E-state index < -0.39 is 0 Å². The van der Waals surface area contributed by atoms with Crippen LogP contribution in [0.15, 0.2) is 47.5 Å². The maximum Gasteiger partial charge on any atom is 0.197 e. The van der Waals surface area contributed by atoms with Gasteiger partial charge in [-0.05, 0) is 12.1 Å². The van der Waals surface area contributed by atoms with Gasteiger partial charge in [0.05, 0.1) is 5.56 Å². The van der Waals surface area contributed by atoms with Crippen molar-refractivity contribution in [3.8, 4) is 0 Å². The molecule has 0 amide bonds. The first-order valence-electron chi connectivity index (χ1n) is 4.33. The molecular weight excluding hydrogens is 256 g/mol. The highest BCUT2D eigenvalue weighted by Gasteiger charge is 2.11. The number of halogens is 1. The van der Waals surface area contributed by atoms with Gasteiger partial charge in [0.1, 0.15) is 6.33 Å². The van der Waals surface area contributed by atoms with Crippen LogP contribution in [0.1, 0.15) is 15.9 Å². The number of hydrogen-bond donors (Lipinski definition) is 0. The molecule has 3 nitrogen and oxygen atoms in total. The highest BCUT2D eigenvalue weighted by molar-refractivity contribution is 9.10. The Morgan fingerprint density at radius 3 is 2.47 bits per heavy atom. The van der Waals surface area contributed by atoms with E-state index in [2.05, 4.69) is 25.9 Å². The fraction of sp³-hybridized carbons (Fsp3) is 0. The van der Waals surface area contributed by atoms with Crippen molar-refractivity contribution < 1.29 is 4.79 Å². The number of rotatable bonds is 2. The van der Waals surface area contributed by atoms with Gasteiger partial charge < -0.3 is 0 Å². The molecule has 0 saturated carbocycles. The molecule has 74 valence electrons. The van der Waals surface area contributed by atoms with E-state index in [4.69, 9.17) is 0 Å². The van der Waals surface area contributed by atoms with Gasteiger partial charge in [0.15, 0.2) is 5.78 Å². The predicted octanol–water partition coefficient (Wildman–Crippen LogP) is 2.47. The quantitative estimate of drug-likeness (QED) is 0.781. The number of ketones is 1. The first-order valence-corrected chi connectivity index (χ1v) is 5.12. The summed E-state index contributed by atoms with van der Waals surface area (Å²) in [5.74, 6) is -0.0805. The number of carbonyl (C=O) groups excluding carboxylic acids is 1. The average molecular weight is 263 g/mol. The summed E-state index contributed by atoms with van der Waals surface area (Å²) in [5, 5.41) is 0. The minimum absolute atomic E-state index is 0.0805. The zero-order chi connectivity index (χ0) is 10.7. The largest absolute Gasteiger partial charge is 0.288 e. The molecule has 0 aliphatic carbocycles. The summed E-state index contributed by atoms with van der Waals surface area (Å²) in [6.07, 6.45) is 4.42. The van der Waals surface area contributed by atoms with Crippen molar-refractivity contribution >= 4 is 21.7 Å². The van der Waals surface area contributed by atoms with E-state index in [9.17, 15) is 4.79 Å². The number of carbonyl (C=O) groups is 1. The third-order valence-corrected chi connectivity index (χ3v) is 2.63. The maximum atomic E-state index is 12.0. The zero-order valence-corrected chi connectivity index (χ0v) is 9.31. The molecular formula is C11H7BrN2O. The molecule has 0 aliphatic heterocycles. The summed E-state index contributed by atoms with van der Waals surface area (Å²) in [6.45, 7) is 0. The molecule has 0 saturated heterocycles. The summed E-state index contributed by atoms with van der Waals surface area (Å²) in [7, 11) is 0. The summed E-state index contributed by atoms with van der Waals surface area (Å²) in [6, 6.07) is 7.28. The molecule has 0 unspecified atom stereocenters. The summed E-state index contributed by atoms with van der Waals surface area (Å²) in [5.41, 5.74) is 1.11. The maximum absolute atomic E-state index is 12.0. The van der Waals surface area contributed by atoms with Gasteiger partial charge in [-0.2, -0.15) is 0 Å². The Labute approximate surface area is 95.3 Å². The average Bonchev–Trinajstić information content (AvgIpc) is 2.30. The van der Waals surface area contributed by atoms with Crippen LogP contribution in [0.5, 0.6) is 0 Å². The molecule has 2 aromatic rings. The lowest BCUT2D eigenvalue weighted by molar-refractivity contribution is 0.103. The Morgan fingerprint density at radius 2 is 1.80 bits per heavy atom. The topological polar surface area (TPSA) is 42.9 Å². The van der Waals surface area contributed by atoms with Gasteiger partial charge in [-0.15, -0.1) is 0 Å². The van der Waals surface area contributed by atoms with E-state index in [1.165, 1.54) is 18.7 Å². The number of aromatic nitrogens is 2. The van der Waals surface area contributed by atoms with Gasteiger partial charge in [-0.1, -0.05) is 28.1 Å². The standard InChI is InChI=1S/C11H7BrN2O/c12-10-4-2-1-3-9(10)11(15)8-5-13-7-14-6-8/h1-7H. The van der Waals surface area contributed by atoms with Crippen molar-refractivity contribution in [2.24, 2.45) is 0 Å². The molecule has 0 N–H and O–H groups in total. The second kappa shape index (κ2) is 4.31. The molecule has 0 radical (unpaired) electrons. The third-order valence-electron chi connectivity index (χ3n) is 1.94. The van der Waals surface area contributed by atoms with Crippen molar-refractivity contribution in [3.05, 3.63) is 58.6 Å². The Balaban J connectivity index is 2.42. The first kappa shape index (κ1) is 9.98. The Morgan fingerprint density at radius 1 is 1.13 bits per heavy atom. The fourth-order valence-electron chi connectivity index (χ4n) is 1.22. The van der Waals surface area contributed by atoms with E-state index in [1.54, 1.807) is 6.07 Å².